The Labute approximate surface area is 146 Å². The van der Waals surface area contributed by atoms with Crippen LogP contribution in [-0.2, 0) is 11.3 Å². The third-order valence-electron chi connectivity index (χ3n) is 3.43. The highest BCUT2D eigenvalue weighted by molar-refractivity contribution is 7.16. The lowest BCUT2D eigenvalue weighted by Gasteiger charge is -2.00. The first-order valence-electron chi connectivity index (χ1n) is 7.53. The molecule has 3 rings (SSSR count). The largest absolute Gasteiger partial charge is 0.462 e. The van der Waals surface area contributed by atoms with Crippen molar-refractivity contribution in [1.29, 1.82) is 0 Å². The number of thiazole rings is 1. The van der Waals surface area contributed by atoms with Gasteiger partial charge in [-0.2, -0.15) is 5.10 Å². The first-order chi connectivity index (χ1) is 12.0. The van der Waals surface area contributed by atoms with Gasteiger partial charge in [-0.25, -0.2) is 28.2 Å². The third-order valence-corrected chi connectivity index (χ3v) is 4.57. The molecule has 9 heteroatoms. The van der Waals surface area contributed by atoms with Crippen molar-refractivity contribution in [1.82, 2.24) is 19.3 Å². The van der Waals surface area contributed by atoms with Crippen LogP contribution >= 0.6 is 11.3 Å². The zero-order valence-electron chi connectivity index (χ0n) is 13.6. The number of ether oxygens (including phenoxy) is 1. The Kier molecular flexibility index (Phi) is 4.75. The van der Waals surface area contributed by atoms with Crippen LogP contribution in [-0.4, -0.2) is 31.9 Å². The van der Waals surface area contributed by atoms with Crippen LogP contribution in [0.5, 0.6) is 0 Å². The monoisotopic (exact) mass is 362 g/mol. The topological polar surface area (TPSA) is 79.0 Å². The summed E-state index contributed by atoms with van der Waals surface area (Å²) in [5, 5.41) is 4.40. The van der Waals surface area contributed by atoms with Crippen molar-refractivity contribution >= 4 is 17.3 Å². The molecule has 0 radical (unpaired) electrons. The molecule has 130 valence electrons. The van der Waals surface area contributed by atoms with Crippen LogP contribution in [0.1, 0.15) is 27.9 Å². The van der Waals surface area contributed by atoms with Crippen LogP contribution in [0.25, 0.3) is 5.13 Å². The molecule has 0 unspecified atom stereocenters. The average molecular weight is 362 g/mol. The molecule has 0 saturated carbocycles. The van der Waals surface area contributed by atoms with E-state index in [1.165, 1.54) is 27.7 Å². The fourth-order valence-electron chi connectivity index (χ4n) is 2.21. The minimum atomic E-state index is -0.462. The molecule has 0 amide bonds. The lowest BCUT2D eigenvalue weighted by Crippen LogP contribution is -2.24. The molecule has 3 aromatic rings. The number of benzene rings is 1. The second-order valence-corrected chi connectivity index (χ2v) is 6.18. The van der Waals surface area contributed by atoms with E-state index in [1.807, 2.05) is 0 Å². The molecule has 0 aliphatic carbocycles. The van der Waals surface area contributed by atoms with Gasteiger partial charge in [0.2, 0.25) is 0 Å². The van der Waals surface area contributed by atoms with E-state index in [0.29, 0.717) is 15.7 Å². The Balaban J connectivity index is 1.88. The van der Waals surface area contributed by atoms with Crippen molar-refractivity contribution in [3.63, 3.8) is 0 Å². The number of aromatic nitrogens is 4. The number of hydrogen-bond acceptors (Lipinski definition) is 6. The Hall–Kier alpha value is -2.81. The summed E-state index contributed by atoms with van der Waals surface area (Å²) >= 11 is 1.07. The fourth-order valence-corrected chi connectivity index (χ4v) is 3.14. The van der Waals surface area contributed by atoms with Crippen LogP contribution in [0.2, 0.25) is 0 Å². The fraction of sp³-hybridized carbons (Fsp3) is 0.250. The molecule has 2 aromatic heterocycles. The normalized spacial score (nSPS) is 10.8. The molecule has 0 aliphatic heterocycles. The Morgan fingerprint density at radius 3 is 2.72 bits per heavy atom. The van der Waals surface area contributed by atoms with Gasteiger partial charge in [-0.05, 0) is 31.5 Å². The summed E-state index contributed by atoms with van der Waals surface area (Å²) < 4.78 is 20.4. The number of halogens is 1. The predicted molar refractivity (Wildman–Crippen MR) is 89.7 cm³/mol. The van der Waals surface area contributed by atoms with Crippen molar-refractivity contribution in [3.8, 4) is 5.13 Å². The molecular formula is C16H15FN4O3S. The first kappa shape index (κ1) is 17.0. The summed E-state index contributed by atoms with van der Waals surface area (Å²) in [6.45, 7) is 3.88. The van der Waals surface area contributed by atoms with Crippen LogP contribution in [0, 0.1) is 12.7 Å². The van der Waals surface area contributed by atoms with Gasteiger partial charge in [0.25, 0.3) is 0 Å². The second kappa shape index (κ2) is 6.98. The number of nitrogens with zero attached hydrogens (tertiary/aromatic N) is 4. The van der Waals surface area contributed by atoms with E-state index in [9.17, 15) is 14.0 Å². The number of carbonyl (C=O) groups excluding carboxylic acids is 1. The van der Waals surface area contributed by atoms with Crippen molar-refractivity contribution in [2.75, 3.05) is 6.61 Å². The van der Waals surface area contributed by atoms with Crippen LogP contribution in [0.15, 0.2) is 35.4 Å². The molecule has 7 nitrogen and oxygen atoms in total. The molecule has 1 aromatic carbocycles. The van der Waals surface area contributed by atoms with Crippen molar-refractivity contribution in [2.45, 2.75) is 20.4 Å². The van der Waals surface area contributed by atoms with Crippen LogP contribution in [0.4, 0.5) is 4.39 Å². The minimum Gasteiger partial charge on any atom is -0.462 e. The predicted octanol–water partition coefficient (Wildman–Crippen LogP) is 2.16. The average Bonchev–Trinajstić information content (AvgIpc) is 3.13. The summed E-state index contributed by atoms with van der Waals surface area (Å²) in [5.74, 6) is -0.804. The van der Waals surface area contributed by atoms with Gasteiger partial charge < -0.3 is 4.74 Å². The van der Waals surface area contributed by atoms with E-state index in [4.69, 9.17) is 4.74 Å². The summed E-state index contributed by atoms with van der Waals surface area (Å²) in [6, 6.07) is 5.83. The quantitative estimate of drug-likeness (QED) is 0.650. The lowest BCUT2D eigenvalue weighted by atomic mass is 10.2. The van der Waals surface area contributed by atoms with Gasteiger partial charge in [-0.15, -0.1) is 0 Å². The van der Waals surface area contributed by atoms with Crippen LogP contribution in [0.3, 0.4) is 0 Å². The smallest absolute Gasteiger partial charge is 0.352 e. The number of hydrogen-bond donors (Lipinski definition) is 0. The zero-order chi connectivity index (χ0) is 18.0. The maximum absolute atomic E-state index is 13.0. The summed E-state index contributed by atoms with van der Waals surface area (Å²) in [4.78, 5) is 29.0. The summed E-state index contributed by atoms with van der Waals surface area (Å²) in [6.07, 6.45) is 1.35. The van der Waals surface area contributed by atoms with Crippen molar-refractivity contribution in [2.24, 2.45) is 0 Å². The van der Waals surface area contributed by atoms with E-state index < -0.39 is 11.7 Å². The second-order valence-electron chi connectivity index (χ2n) is 5.20. The number of esters is 1. The van der Waals surface area contributed by atoms with E-state index in [0.717, 1.165) is 16.9 Å². The minimum absolute atomic E-state index is 0.210. The molecule has 0 bridgehead atoms. The summed E-state index contributed by atoms with van der Waals surface area (Å²) in [7, 11) is 0. The Morgan fingerprint density at radius 2 is 2.04 bits per heavy atom. The Bertz CT molecular complexity index is 959. The highest BCUT2D eigenvalue weighted by Gasteiger charge is 2.19. The van der Waals surface area contributed by atoms with Gasteiger partial charge in [-0.1, -0.05) is 23.5 Å². The molecule has 0 fully saturated rings. The van der Waals surface area contributed by atoms with E-state index in [2.05, 4.69) is 10.1 Å². The van der Waals surface area contributed by atoms with Crippen molar-refractivity contribution < 1.29 is 13.9 Å². The number of rotatable bonds is 5. The maximum Gasteiger partial charge on any atom is 0.352 e. The van der Waals surface area contributed by atoms with Gasteiger partial charge >= 0.3 is 11.7 Å². The van der Waals surface area contributed by atoms with E-state index in [-0.39, 0.29) is 19.0 Å². The lowest BCUT2D eigenvalue weighted by molar-refractivity contribution is 0.0531. The van der Waals surface area contributed by atoms with Gasteiger partial charge in [0.15, 0.2) is 5.13 Å². The van der Waals surface area contributed by atoms with Crippen molar-refractivity contribution in [3.05, 3.63) is 63.0 Å². The highest BCUT2D eigenvalue weighted by Crippen LogP contribution is 2.21. The van der Waals surface area contributed by atoms with E-state index >= 15 is 0 Å². The SMILES string of the molecule is CCOC(=O)c1sc(-n2cnn(Cc3ccc(F)cc3)c2=O)nc1C. The maximum atomic E-state index is 13.0. The molecule has 0 spiro atoms. The van der Waals surface area contributed by atoms with E-state index in [1.54, 1.807) is 26.0 Å². The molecule has 0 atom stereocenters. The number of aryl methyl sites for hydroxylation is 1. The molecule has 0 N–H and O–H groups in total. The highest BCUT2D eigenvalue weighted by atomic mass is 32.1. The van der Waals surface area contributed by atoms with Gasteiger partial charge in [0, 0.05) is 0 Å². The summed E-state index contributed by atoms with van der Waals surface area (Å²) in [5.41, 5.74) is 0.849. The van der Waals surface area contributed by atoms with Gasteiger partial charge in [0.1, 0.15) is 17.0 Å². The van der Waals surface area contributed by atoms with Gasteiger partial charge in [-0.3, -0.25) is 0 Å². The molecular weight excluding hydrogens is 347 g/mol. The zero-order valence-corrected chi connectivity index (χ0v) is 14.4. The van der Waals surface area contributed by atoms with Crippen LogP contribution < -0.4 is 5.69 Å². The molecule has 2 heterocycles. The van der Waals surface area contributed by atoms with Gasteiger partial charge in [0.05, 0.1) is 18.8 Å². The molecule has 25 heavy (non-hydrogen) atoms. The third kappa shape index (κ3) is 3.50. The first-order valence-corrected chi connectivity index (χ1v) is 8.35. The molecule has 0 saturated heterocycles. The number of carbonyl (C=O) groups is 1. The molecule has 0 aliphatic rings. The Morgan fingerprint density at radius 1 is 1.32 bits per heavy atom. The standard InChI is InChI=1S/C16H15FN4O3S/c1-3-24-14(22)13-10(2)19-15(25-13)20-9-18-21(16(20)23)8-11-4-6-12(17)7-5-11/h4-7,9H,3,8H2,1-2H3.